The fourth-order valence-corrected chi connectivity index (χ4v) is 2.85. The van der Waals surface area contributed by atoms with Crippen molar-refractivity contribution in [2.24, 2.45) is 5.73 Å². The van der Waals surface area contributed by atoms with E-state index in [0.717, 1.165) is 21.5 Å². The van der Waals surface area contributed by atoms with Gasteiger partial charge in [-0.25, -0.2) is 0 Å². The van der Waals surface area contributed by atoms with Gasteiger partial charge in [-0.2, -0.15) is 0 Å². The quantitative estimate of drug-likeness (QED) is 0.869. The van der Waals surface area contributed by atoms with E-state index >= 15 is 0 Å². The van der Waals surface area contributed by atoms with Gasteiger partial charge in [0.05, 0.1) is 13.2 Å². The lowest BCUT2D eigenvalue weighted by molar-refractivity contribution is -0.126. The number of amides is 1. The van der Waals surface area contributed by atoms with Crippen molar-refractivity contribution in [3.8, 4) is 5.75 Å². The Bertz CT molecular complexity index is 672. The molecule has 2 atom stereocenters. The number of nitrogens with two attached hydrogens (primary N) is 1. The Morgan fingerprint density at radius 1 is 1.19 bits per heavy atom. The molecule has 3 rings (SSSR count). The molecule has 1 amide bonds. The van der Waals surface area contributed by atoms with Gasteiger partial charge >= 0.3 is 0 Å². The van der Waals surface area contributed by atoms with Crippen molar-refractivity contribution < 1.29 is 9.53 Å². The van der Waals surface area contributed by atoms with Crippen LogP contribution in [0.15, 0.2) is 53.0 Å². The van der Waals surface area contributed by atoms with Crippen LogP contribution in [0, 0.1) is 0 Å². The predicted octanol–water partition coefficient (Wildman–Crippen LogP) is 2.87. The number of rotatable bonds is 3. The molecule has 0 bridgehead atoms. The predicted molar refractivity (Wildman–Crippen MR) is 85.3 cm³/mol. The summed E-state index contributed by atoms with van der Waals surface area (Å²) in [4.78, 5) is 13.9. The highest BCUT2D eigenvalue weighted by Gasteiger charge is 2.46. The first-order valence-electron chi connectivity index (χ1n) is 6.60. The average Bonchev–Trinajstić information content (AvgIpc) is 2.52. The van der Waals surface area contributed by atoms with E-state index in [1.807, 2.05) is 48.5 Å². The van der Waals surface area contributed by atoms with E-state index in [-0.39, 0.29) is 11.9 Å². The summed E-state index contributed by atoms with van der Waals surface area (Å²) in [7, 11) is 1.62. The van der Waals surface area contributed by atoms with Gasteiger partial charge in [-0.15, -0.1) is 0 Å². The Labute approximate surface area is 131 Å². The van der Waals surface area contributed by atoms with Crippen molar-refractivity contribution in [2.75, 3.05) is 12.0 Å². The number of methoxy groups -OCH3 is 1. The number of benzene rings is 2. The SMILES string of the molecule is COc1cccc([C@@H]2[C@@H](N)C(=O)N2c2ccc(Br)cc2)c1. The highest BCUT2D eigenvalue weighted by Crippen LogP contribution is 2.39. The summed E-state index contributed by atoms with van der Waals surface area (Å²) in [6, 6.07) is 14.6. The molecule has 1 aliphatic heterocycles. The first kappa shape index (κ1) is 14.1. The molecule has 0 spiro atoms. The van der Waals surface area contributed by atoms with E-state index in [4.69, 9.17) is 10.5 Å². The van der Waals surface area contributed by atoms with E-state index < -0.39 is 6.04 Å². The summed E-state index contributed by atoms with van der Waals surface area (Å²) >= 11 is 3.40. The van der Waals surface area contributed by atoms with Gasteiger partial charge in [0, 0.05) is 10.2 Å². The molecule has 1 aliphatic rings. The molecule has 2 aromatic rings. The highest BCUT2D eigenvalue weighted by atomic mass is 79.9. The number of anilines is 1. The third kappa shape index (κ3) is 2.43. The number of nitrogens with zero attached hydrogens (tertiary/aromatic N) is 1. The van der Waals surface area contributed by atoms with Gasteiger partial charge in [-0.3, -0.25) is 4.79 Å². The Hall–Kier alpha value is -1.85. The summed E-state index contributed by atoms with van der Waals surface area (Å²) in [5, 5.41) is 0. The minimum absolute atomic E-state index is 0.0647. The molecule has 0 aliphatic carbocycles. The van der Waals surface area contributed by atoms with Crippen molar-refractivity contribution in [1.29, 1.82) is 0 Å². The van der Waals surface area contributed by atoms with Crippen LogP contribution in [0.4, 0.5) is 5.69 Å². The Balaban J connectivity index is 1.96. The van der Waals surface area contributed by atoms with Gasteiger partial charge in [0.1, 0.15) is 11.8 Å². The van der Waals surface area contributed by atoms with Crippen LogP contribution in [0.25, 0.3) is 0 Å². The van der Waals surface area contributed by atoms with Crippen LogP contribution in [0.2, 0.25) is 0 Å². The smallest absolute Gasteiger partial charge is 0.247 e. The molecule has 0 aromatic heterocycles. The summed E-state index contributed by atoms with van der Waals surface area (Å²) < 4.78 is 6.22. The maximum Gasteiger partial charge on any atom is 0.247 e. The minimum Gasteiger partial charge on any atom is -0.497 e. The lowest BCUT2D eigenvalue weighted by atomic mass is 9.88. The van der Waals surface area contributed by atoms with Crippen molar-refractivity contribution in [3.63, 3.8) is 0 Å². The standard InChI is InChI=1S/C16H15BrN2O2/c1-21-13-4-2-3-10(9-13)15-14(18)16(20)19(15)12-7-5-11(17)6-8-12/h2-9,14-15H,18H2,1H3/t14-,15-/m1/s1. The summed E-state index contributed by atoms with van der Waals surface area (Å²) in [5.74, 6) is 0.694. The Morgan fingerprint density at radius 2 is 1.90 bits per heavy atom. The number of β-lactam (4-membered cyclic amide) rings is 1. The Kier molecular flexibility index (Phi) is 3.69. The maximum atomic E-state index is 12.1. The lowest BCUT2D eigenvalue weighted by Gasteiger charge is -2.45. The summed E-state index contributed by atoms with van der Waals surface area (Å²) in [5.41, 5.74) is 7.83. The second-order valence-electron chi connectivity index (χ2n) is 4.93. The first-order valence-corrected chi connectivity index (χ1v) is 7.39. The summed E-state index contributed by atoms with van der Waals surface area (Å²) in [6.07, 6.45) is 0. The topological polar surface area (TPSA) is 55.6 Å². The molecule has 4 nitrogen and oxygen atoms in total. The monoisotopic (exact) mass is 346 g/mol. The number of ether oxygens (including phenoxy) is 1. The molecule has 1 fully saturated rings. The zero-order chi connectivity index (χ0) is 15.0. The molecular formula is C16H15BrN2O2. The van der Waals surface area contributed by atoms with Crippen LogP contribution in [0.1, 0.15) is 11.6 Å². The molecule has 0 unspecified atom stereocenters. The largest absolute Gasteiger partial charge is 0.497 e. The van der Waals surface area contributed by atoms with Crippen molar-refractivity contribution >= 4 is 27.5 Å². The fourth-order valence-electron chi connectivity index (χ4n) is 2.58. The van der Waals surface area contributed by atoms with Crippen molar-refractivity contribution in [2.45, 2.75) is 12.1 Å². The van der Waals surface area contributed by atoms with Crippen LogP contribution in [-0.2, 0) is 4.79 Å². The van der Waals surface area contributed by atoms with Gasteiger partial charge in [0.2, 0.25) is 5.91 Å². The van der Waals surface area contributed by atoms with Crippen LogP contribution in [0.3, 0.4) is 0 Å². The van der Waals surface area contributed by atoms with E-state index in [1.54, 1.807) is 12.0 Å². The van der Waals surface area contributed by atoms with Crippen molar-refractivity contribution in [3.05, 3.63) is 58.6 Å². The zero-order valence-electron chi connectivity index (χ0n) is 11.5. The number of halogens is 1. The molecule has 0 saturated carbocycles. The Morgan fingerprint density at radius 3 is 2.57 bits per heavy atom. The molecule has 0 radical (unpaired) electrons. The molecule has 2 aromatic carbocycles. The van der Waals surface area contributed by atoms with E-state index in [9.17, 15) is 4.79 Å². The zero-order valence-corrected chi connectivity index (χ0v) is 13.1. The second-order valence-corrected chi connectivity index (χ2v) is 5.85. The molecule has 5 heteroatoms. The number of carbonyl (C=O) groups is 1. The van der Waals surface area contributed by atoms with Crippen LogP contribution >= 0.6 is 15.9 Å². The van der Waals surface area contributed by atoms with Crippen LogP contribution < -0.4 is 15.4 Å². The van der Waals surface area contributed by atoms with Gasteiger partial charge < -0.3 is 15.4 Å². The van der Waals surface area contributed by atoms with Gasteiger partial charge in [-0.05, 0) is 42.0 Å². The first-order chi connectivity index (χ1) is 10.1. The van der Waals surface area contributed by atoms with Crippen LogP contribution in [-0.4, -0.2) is 19.1 Å². The fraction of sp³-hybridized carbons (Fsp3) is 0.188. The van der Waals surface area contributed by atoms with Gasteiger partial charge in [0.15, 0.2) is 0 Å². The number of hydrogen-bond donors (Lipinski definition) is 1. The molecule has 108 valence electrons. The second kappa shape index (κ2) is 5.50. The van der Waals surface area contributed by atoms with E-state index in [0.29, 0.717) is 0 Å². The number of hydrogen-bond acceptors (Lipinski definition) is 3. The molecule has 1 saturated heterocycles. The molecule has 1 heterocycles. The van der Waals surface area contributed by atoms with E-state index in [1.165, 1.54) is 0 Å². The average molecular weight is 347 g/mol. The summed E-state index contributed by atoms with van der Waals surface area (Å²) in [6.45, 7) is 0. The highest BCUT2D eigenvalue weighted by molar-refractivity contribution is 9.10. The van der Waals surface area contributed by atoms with Crippen molar-refractivity contribution in [1.82, 2.24) is 0 Å². The molecular weight excluding hydrogens is 332 g/mol. The third-order valence-electron chi connectivity index (χ3n) is 3.68. The lowest BCUT2D eigenvalue weighted by Crippen LogP contribution is -2.63. The normalized spacial score (nSPS) is 21.1. The molecule has 21 heavy (non-hydrogen) atoms. The van der Waals surface area contributed by atoms with Gasteiger partial charge in [-0.1, -0.05) is 28.1 Å². The maximum absolute atomic E-state index is 12.1. The third-order valence-corrected chi connectivity index (χ3v) is 4.21. The number of carbonyl (C=O) groups excluding carboxylic acids is 1. The van der Waals surface area contributed by atoms with E-state index in [2.05, 4.69) is 15.9 Å². The molecule has 2 N–H and O–H groups in total. The minimum atomic E-state index is -0.513. The van der Waals surface area contributed by atoms with Crippen LogP contribution in [0.5, 0.6) is 5.75 Å². The van der Waals surface area contributed by atoms with Gasteiger partial charge in [0.25, 0.3) is 0 Å².